The summed E-state index contributed by atoms with van der Waals surface area (Å²) in [6, 6.07) is 1.55. The van der Waals surface area contributed by atoms with E-state index in [0.717, 1.165) is 0 Å². The van der Waals surface area contributed by atoms with E-state index in [1.54, 1.807) is 0 Å². The SMILES string of the molecule is CC(C)(C)OC(=O)NC1CCN(c2nc(C(=O)O)cc(C(C)(C)C)n2)CC1. The number of hydrogen-bond acceptors (Lipinski definition) is 6. The first-order valence-electron chi connectivity index (χ1n) is 9.22. The predicted molar refractivity (Wildman–Crippen MR) is 102 cm³/mol. The fourth-order valence-electron chi connectivity index (χ4n) is 2.77. The highest BCUT2D eigenvalue weighted by molar-refractivity contribution is 5.85. The molecule has 2 heterocycles. The quantitative estimate of drug-likeness (QED) is 0.833. The van der Waals surface area contributed by atoms with E-state index in [1.807, 2.05) is 46.4 Å². The minimum Gasteiger partial charge on any atom is -0.477 e. The second kappa shape index (κ2) is 7.70. The third-order valence-electron chi connectivity index (χ3n) is 4.20. The van der Waals surface area contributed by atoms with Crippen molar-refractivity contribution in [3.8, 4) is 0 Å². The van der Waals surface area contributed by atoms with Crippen LogP contribution >= 0.6 is 0 Å². The van der Waals surface area contributed by atoms with Gasteiger partial charge in [0, 0.05) is 24.5 Å². The zero-order chi connectivity index (χ0) is 20.4. The molecule has 0 saturated carbocycles. The molecule has 0 atom stereocenters. The molecule has 8 heteroatoms. The number of amides is 1. The number of nitrogens with one attached hydrogen (secondary N) is 1. The fraction of sp³-hybridized carbons (Fsp3) is 0.684. The first-order valence-corrected chi connectivity index (χ1v) is 9.22. The van der Waals surface area contributed by atoms with Gasteiger partial charge in [0.05, 0.1) is 5.69 Å². The number of carbonyl (C=O) groups excluding carboxylic acids is 1. The Morgan fingerprint density at radius 1 is 1.15 bits per heavy atom. The molecule has 0 unspecified atom stereocenters. The van der Waals surface area contributed by atoms with Crippen molar-refractivity contribution in [3.05, 3.63) is 17.5 Å². The highest BCUT2D eigenvalue weighted by Crippen LogP contribution is 2.24. The molecule has 0 aliphatic carbocycles. The largest absolute Gasteiger partial charge is 0.477 e. The maximum Gasteiger partial charge on any atom is 0.407 e. The summed E-state index contributed by atoms with van der Waals surface area (Å²) in [5, 5.41) is 12.3. The molecular weight excluding hydrogens is 348 g/mol. The topological polar surface area (TPSA) is 105 Å². The van der Waals surface area contributed by atoms with Crippen molar-refractivity contribution >= 4 is 18.0 Å². The van der Waals surface area contributed by atoms with Crippen LogP contribution in [0.5, 0.6) is 0 Å². The molecule has 1 fully saturated rings. The number of aromatic nitrogens is 2. The summed E-state index contributed by atoms with van der Waals surface area (Å²) in [6.45, 7) is 12.7. The molecule has 1 aromatic rings. The third-order valence-corrected chi connectivity index (χ3v) is 4.20. The Bertz CT molecular complexity index is 699. The number of rotatable bonds is 3. The normalized spacial score (nSPS) is 16.1. The molecular formula is C19H30N4O4. The number of nitrogens with zero attached hydrogens (tertiary/aromatic N) is 3. The van der Waals surface area contributed by atoms with Crippen molar-refractivity contribution in [2.24, 2.45) is 0 Å². The van der Waals surface area contributed by atoms with Crippen molar-refractivity contribution in [1.82, 2.24) is 15.3 Å². The zero-order valence-corrected chi connectivity index (χ0v) is 17.0. The first-order chi connectivity index (χ1) is 12.3. The molecule has 0 radical (unpaired) electrons. The van der Waals surface area contributed by atoms with Gasteiger partial charge >= 0.3 is 12.1 Å². The number of carbonyl (C=O) groups is 2. The molecule has 150 valence electrons. The number of ether oxygens (including phenoxy) is 1. The Morgan fingerprint density at radius 3 is 2.22 bits per heavy atom. The average Bonchev–Trinajstić information content (AvgIpc) is 2.52. The monoisotopic (exact) mass is 378 g/mol. The van der Waals surface area contributed by atoms with E-state index in [4.69, 9.17) is 4.74 Å². The van der Waals surface area contributed by atoms with Gasteiger partial charge < -0.3 is 20.1 Å². The molecule has 0 aromatic carbocycles. The molecule has 1 aromatic heterocycles. The molecule has 1 saturated heterocycles. The Hall–Kier alpha value is -2.38. The minimum absolute atomic E-state index is 0.000992. The lowest BCUT2D eigenvalue weighted by molar-refractivity contribution is 0.0496. The van der Waals surface area contributed by atoms with Crippen molar-refractivity contribution < 1.29 is 19.4 Å². The van der Waals surface area contributed by atoms with Gasteiger partial charge in [0.1, 0.15) is 5.60 Å². The van der Waals surface area contributed by atoms with Crippen LogP contribution in [-0.4, -0.2) is 51.9 Å². The maximum absolute atomic E-state index is 11.9. The molecule has 27 heavy (non-hydrogen) atoms. The number of carboxylic acid groups (broad SMARTS) is 1. The van der Waals surface area contributed by atoms with Crippen LogP contribution in [0.2, 0.25) is 0 Å². The van der Waals surface area contributed by atoms with E-state index in [0.29, 0.717) is 37.6 Å². The Balaban J connectivity index is 2.06. The summed E-state index contributed by atoms with van der Waals surface area (Å²) in [4.78, 5) is 34.1. The van der Waals surface area contributed by atoms with Crippen molar-refractivity contribution in [2.75, 3.05) is 18.0 Å². The van der Waals surface area contributed by atoms with E-state index in [2.05, 4.69) is 15.3 Å². The zero-order valence-electron chi connectivity index (χ0n) is 17.0. The van der Waals surface area contributed by atoms with E-state index in [-0.39, 0.29) is 17.2 Å². The van der Waals surface area contributed by atoms with E-state index in [9.17, 15) is 14.7 Å². The third kappa shape index (κ3) is 6.08. The number of alkyl carbamates (subject to hydrolysis) is 1. The van der Waals surface area contributed by atoms with Gasteiger partial charge in [-0.15, -0.1) is 0 Å². The van der Waals surface area contributed by atoms with Crippen LogP contribution in [0.25, 0.3) is 0 Å². The summed E-state index contributed by atoms with van der Waals surface area (Å²) in [5.41, 5.74) is -0.115. The van der Waals surface area contributed by atoms with E-state index >= 15 is 0 Å². The van der Waals surface area contributed by atoms with Crippen molar-refractivity contribution in [1.29, 1.82) is 0 Å². The maximum atomic E-state index is 11.9. The summed E-state index contributed by atoms with van der Waals surface area (Å²) in [5.74, 6) is -0.638. The van der Waals surface area contributed by atoms with Crippen LogP contribution < -0.4 is 10.2 Å². The van der Waals surface area contributed by atoms with Gasteiger partial charge in [0.2, 0.25) is 5.95 Å². The molecule has 0 bridgehead atoms. The summed E-state index contributed by atoms with van der Waals surface area (Å²) in [6.07, 6.45) is 1.01. The minimum atomic E-state index is -1.06. The molecule has 0 spiro atoms. The van der Waals surface area contributed by atoms with Crippen LogP contribution in [0.3, 0.4) is 0 Å². The Labute approximate surface area is 160 Å². The fourth-order valence-corrected chi connectivity index (χ4v) is 2.77. The lowest BCUT2D eigenvalue weighted by Gasteiger charge is -2.33. The predicted octanol–water partition coefficient (Wildman–Crippen LogP) is 2.97. The van der Waals surface area contributed by atoms with Gasteiger partial charge in [0.15, 0.2) is 5.69 Å². The highest BCUT2D eigenvalue weighted by Gasteiger charge is 2.27. The Morgan fingerprint density at radius 2 is 1.74 bits per heavy atom. The van der Waals surface area contributed by atoms with Gasteiger partial charge in [-0.25, -0.2) is 19.6 Å². The molecule has 1 aliphatic heterocycles. The molecule has 1 amide bonds. The van der Waals surface area contributed by atoms with Crippen LogP contribution in [0.15, 0.2) is 6.07 Å². The number of piperidine rings is 1. The van der Waals surface area contributed by atoms with Crippen molar-refractivity contribution in [2.45, 2.75) is 71.4 Å². The number of carboxylic acids is 1. The van der Waals surface area contributed by atoms with Crippen LogP contribution in [0, 0.1) is 0 Å². The highest BCUT2D eigenvalue weighted by atomic mass is 16.6. The second-order valence-electron chi connectivity index (χ2n) is 8.90. The van der Waals surface area contributed by atoms with Crippen LogP contribution in [-0.2, 0) is 10.2 Å². The second-order valence-corrected chi connectivity index (χ2v) is 8.90. The summed E-state index contributed by atoms with van der Waals surface area (Å²) >= 11 is 0. The number of hydrogen-bond donors (Lipinski definition) is 2. The molecule has 8 nitrogen and oxygen atoms in total. The number of aromatic carboxylic acids is 1. The molecule has 1 aliphatic rings. The number of anilines is 1. The smallest absolute Gasteiger partial charge is 0.407 e. The van der Waals surface area contributed by atoms with Gasteiger partial charge in [-0.05, 0) is 39.7 Å². The standard InChI is InChI=1S/C19H30N4O4/c1-18(2,3)14-11-13(15(24)25)21-16(22-14)23-9-7-12(8-10-23)20-17(26)27-19(4,5)6/h11-12H,7-10H2,1-6H3,(H,20,26)(H,24,25). The van der Waals surface area contributed by atoms with Gasteiger partial charge in [-0.2, -0.15) is 0 Å². The van der Waals surface area contributed by atoms with Gasteiger partial charge in [0.25, 0.3) is 0 Å². The molecule has 2 N–H and O–H groups in total. The first kappa shape index (κ1) is 20.9. The lowest BCUT2D eigenvalue weighted by Crippen LogP contribution is -2.46. The lowest BCUT2D eigenvalue weighted by atomic mass is 9.91. The van der Waals surface area contributed by atoms with Gasteiger partial charge in [-0.3, -0.25) is 0 Å². The average molecular weight is 378 g/mol. The van der Waals surface area contributed by atoms with Gasteiger partial charge in [-0.1, -0.05) is 20.8 Å². The van der Waals surface area contributed by atoms with Crippen LogP contribution in [0.1, 0.15) is 70.6 Å². The van der Waals surface area contributed by atoms with E-state index < -0.39 is 17.7 Å². The Kier molecular flexibility index (Phi) is 5.97. The summed E-state index contributed by atoms with van der Waals surface area (Å²) in [7, 11) is 0. The summed E-state index contributed by atoms with van der Waals surface area (Å²) < 4.78 is 5.29. The van der Waals surface area contributed by atoms with Crippen molar-refractivity contribution in [3.63, 3.8) is 0 Å². The van der Waals surface area contributed by atoms with E-state index in [1.165, 1.54) is 6.07 Å². The molecule has 2 rings (SSSR count). The van der Waals surface area contributed by atoms with Crippen LogP contribution in [0.4, 0.5) is 10.7 Å².